The summed E-state index contributed by atoms with van der Waals surface area (Å²) >= 11 is 0. The van der Waals surface area contributed by atoms with Gasteiger partial charge in [0.25, 0.3) is 0 Å². The van der Waals surface area contributed by atoms with E-state index in [1.165, 1.54) is 11.1 Å². The van der Waals surface area contributed by atoms with E-state index in [2.05, 4.69) is 6.07 Å². The van der Waals surface area contributed by atoms with Gasteiger partial charge in [0.15, 0.2) is 0 Å². The van der Waals surface area contributed by atoms with Gasteiger partial charge in [0.1, 0.15) is 11.5 Å². The number of aliphatic hydroxyl groups excluding tert-OH is 1. The van der Waals surface area contributed by atoms with Crippen molar-refractivity contribution in [3.05, 3.63) is 59.2 Å². The molecule has 0 aliphatic rings. The van der Waals surface area contributed by atoms with Gasteiger partial charge in [-0.25, -0.2) is 0 Å². The van der Waals surface area contributed by atoms with Crippen molar-refractivity contribution < 1.29 is 9.84 Å². The Hall–Kier alpha value is -1.55. The first kappa shape index (κ1) is 17.5. The molecule has 0 radical (unpaired) electrons. The largest absolute Gasteiger partial charge is 0.457 e. The van der Waals surface area contributed by atoms with E-state index in [-0.39, 0.29) is 25.1 Å². The van der Waals surface area contributed by atoms with Crippen molar-refractivity contribution in [1.82, 2.24) is 0 Å². The van der Waals surface area contributed by atoms with Crippen molar-refractivity contribution in [1.29, 1.82) is 0 Å². The molecule has 0 saturated carbocycles. The lowest BCUT2D eigenvalue weighted by molar-refractivity contribution is 0.264. The van der Waals surface area contributed by atoms with E-state index in [9.17, 15) is 0 Å². The highest BCUT2D eigenvalue weighted by atomic mass is 35.5. The maximum atomic E-state index is 9.08. The third kappa shape index (κ3) is 5.05. The van der Waals surface area contributed by atoms with Gasteiger partial charge in [-0.1, -0.05) is 24.3 Å². The first-order chi connectivity index (χ1) is 9.58. The predicted octanol–water partition coefficient (Wildman–Crippen LogP) is 3.38. The van der Waals surface area contributed by atoms with Crippen LogP contribution < -0.4 is 10.5 Å². The van der Waals surface area contributed by atoms with Gasteiger partial charge < -0.3 is 15.6 Å². The van der Waals surface area contributed by atoms with Gasteiger partial charge in [0.05, 0.1) is 6.61 Å². The average molecular weight is 308 g/mol. The second-order valence-corrected chi connectivity index (χ2v) is 5.18. The van der Waals surface area contributed by atoms with Gasteiger partial charge >= 0.3 is 0 Å². The molecule has 21 heavy (non-hydrogen) atoms. The normalized spacial score (nSPS) is 11.6. The molecule has 4 heteroatoms. The molecule has 0 saturated heterocycles. The van der Waals surface area contributed by atoms with Crippen LogP contribution in [-0.4, -0.2) is 17.8 Å². The lowest BCUT2D eigenvalue weighted by Crippen LogP contribution is -2.26. The summed E-state index contributed by atoms with van der Waals surface area (Å²) in [5, 5.41) is 9.08. The van der Waals surface area contributed by atoms with Gasteiger partial charge in [-0.2, -0.15) is 0 Å². The summed E-state index contributed by atoms with van der Waals surface area (Å²) in [6.45, 7) is 4.07. The molecular weight excluding hydrogens is 286 g/mol. The Labute approximate surface area is 132 Å². The predicted molar refractivity (Wildman–Crippen MR) is 88.4 cm³/mol. The number of aliphatic hydroxyl groups is 1. The number of benzene rings is 2. The van der Waals surface area contributed by atoms with Crippen molar-refractivity contribution in [3.63, 3.8) is 0 Å². The molecule has 0 aromatic heterocycles. The number of rotatable bonds is 5. The molecule has 3 N–H and O–H groups in total. The van der Waals surface area contributed by atoms with E-state index >= 15 is 0 Å². The number of hydrogen-bond donors (Lipinski definition) is 2. The molecule has 0 spiro atoms. The summed E-state index contributed by atoms with van der Waals surface area (Å²) in [6.07, 6.45) is 0.595. The minimum absolute atomic E-state index is 0. The van der Waals surface area contributed by atoms with Gasteiger partial charge in [-0.3, -0.25) is 0 Å². The van der Waals surface area contributed by atoms with E-state index in [1.54, 1.807) is 0 Å². The molecule has 0 fully saturated rings. The molecule has 1 atom stereocenters. The van der Waals surface area contributed by atoms with Gasteiger partial charge in [0, 0.05) is 6.04 Å². The molecular formula is C17H22ClNO2. The molecule has 0 aliphatic carbocycles. The molecule has 1 unspecified atom stereocenters. The van der Waals surface area contributed by atoms with Gasteiger partial charge in [-0.05, 0) is 55.2 Å². The standard InChI is InChI=1S/C17H21NO2.ClH/c1-12-7-13(2)9-16(8-12)20-17-6-4-3-5-14(17)10-15(18)11-19;/h3-9,15,19H,10-11,18H2,1-2H3;1H. The Kier molecular flexibility index (Phi) is 6.69. The number of ether oxygens (including phenoxy) is 1. The van der Waals surface area contributed by atoms with Crippen LogP contribution in [0, 0.1) is 13.8 Å². The number of halogens is 1. The van der Waals surface area contributed by atoms with Crippen molar-refractivity contribution in [2.45, 2.75) is 26.3 Å². The third-order valence-corrected chi connectivity index (χ3v) is 3.11. The third-order valence-electron chi connectivity index (χ3n) is 3.11. The molecule has 0 amide bonds. The summed E-state index contributed by atoms with van der Waals surface area (Å²) < 4.78 is 5.98. The Morgan fingerprint density at radius 3 is 2.33 bits per heavy atom. The lowest BCUT2D eigenvalue weighted by atomic mass is 10.1. The number of hydrogen-bond acceptors (Lipinski definition) is 3. The molecule has 3 nitrogen and oxygen atoms in total. The van der Waals surface area contributed by atoms with Crippen molar-refractivity contribution >= 4 is 12.4 Å². The van der Waals surface area contributed by atoms with Crippen LogP contribution in [0.25, 0.3) is 0 Å². The molecule has 2 aromatic rings. The Bertz CT molecular complexity index is 567. The first-order valence-electron chi connectivity index (χ1n) is 6.79. The maximum absolute atomic E-state index is 9.08. The van der Waals surface area contributed by atoms with E-state index in [4.69, 9.17) is 15.6 Å². The van der Waals surface area contributed by atoms with Crippen LogP contribution in [-0.2, 0) is 6.42 Å². The summed E-state index contributed by atoms with van der Waals surface area (Å²) in [6, 6.07) is 13.7. The molecule has 0 heterocycles. The summed E-state index contributed by atoms with van der Waals surface area (Å²) in [4.78, 5) is 0. The highest BCUT2D eigenvalue weighted by molar-refractivity contribution is 5.85. The van der Waals surface area contributed by atoms with Gasteiger partial charge in [0.2, 0.25) is 0 Å². The van der Waals surface area contributed by atoms with E-state index in [0.717, 1.165) is 17.1 Å². The van der Waals surface area contributed by atoms with Gasteiger partial charge in [-0.15, -0.1) is 12.4 Å². The fourth-order valence-corrected chi connectivity index (χ4v) is 2.24. The quantitative estimate of drug-likeness (QED) is 0.890. The highest BCUT2D eigenvalue weighted by Crippen LogP contribution is 2.27. The monoisotopic (exact) mass is 307 g/mol. The molecule has 2 rings (SSSR count). The van der Waals surface area contributed by atoms with Crippen LogP contribution in [0.15, 0.2) is 42.5 Å². The minimum atomic E-state index is -0.265. The molecule has 114 valence electrons. The molecule has 0 bridgehead atoms. The Morgan fingerprint density at radius 1 is 1.10 bits per heavy atom. The fraction of sp³-hybridized carbons (Fsp3) is 0.294. The lowest BCUT2D eigenvalue weighted by Gasteiger charge is -2.14. The molecule has 0 aliphatic heterocycles. The van der Waals surface area contributed by atoms with Crippen molar-refractivity contribution in [3.8, 4) is 11.5 Å². The second-order valence-electron chi connectivity index (χ2n) is 5.18. The fourth-order valence-electron chi connectivity index (χ4n) is 2.24. The smallest absolute Gasteiger partial charge is 0.130 e. The summed E-state index contributed by atoms with van der Waals surface area (Å²) in [5.41, 5.74) is 9.16. The Balaban J connectivity index is 0.00000220. The maximum Gasteiger partial charge on any atom is 0.130 e. The van der Waals surface area contributed by atoms with Crippen LogP contribution in [0.5, 0.6) is 11.5 Å². The number of aryl methyl sites for hydroxylation is 2. The highest BCUT2D eigenvalue weighted by Gasteiger charge is 2.09. The number of para-hydroxylation sites is 1. The van der Waals surface area contributed by atoms with Crippen LogP contribution in [0.1, 0.15) is 16.7 Å². The topological polar surface area (TPSA) is 55.5 Å². The minimum Gasteiger partial charge on any atom is -0.457 e. The summed E-state index contributed by atoms with van der Waals surface area (Å²) in [7, 11) is 0. The zero-order valence-electron chi connectivity index (χ0n) is 12.4. The van der Waals surface area contributed by atoms with Crippen molar-refractivity contribution in [2.24, 2.45) is 5.73 Å². The van der Waals surface area contributed by atoms with E-state index < -0.39 is 0 Å². The SMILES string of the molecule is Cc1cc(C)cc(Oc2ccccc2CC(N)CO)c1.Cl. The van der Waals surface area contributed by atoms with Crippen LogP contribution in [0.2, 0.25) is 0 Å². The van der Waals surface area contributed by atoms with E-state index in [0.29, 0.717) is 6.42 Å². The summed E-state index contributed by atoms with van der Waals surface area (Å²) in [5.74, 6) is 1.62. The van der Waals surface area contributed by atoms with Crippen LogP contribution in [0.3, 0.4) is 0 Å². The Morgan fingerprint density at radius 2 is 1.71 bits per heavy atom. The molecule has 2 aromatic carbocycles. The van der Waals surface area contributed by atoms with Crippen LogP contribution in [0.4, 0.5) is 0 Å². The van der Waals surface area contributed by atoms with Crippen molar-refractivity contribution in [2.75, 3.05) is 6.61 Å². The second kappa shape index (κ2) is 8.03. The van der Waals surface area contributed by atoms with E-state index in [1.807, 2.05) is 50.2 Å². The number of nitrogens with two attached hydrogens (primary N) is 1. The zero-order chi connectivity index (χ0) is 14.5. The zero-order valence-corrected chi connectivity index (χ0v) is 13.2. The average Bonchev–Trinajstić information content (AvgIpc) is 2.39. The van der Waals surface area contributed by atoms with Crippen LogP contribution >= 0.6 is 12.4 Å². The first-order valence-corrected chi connectivity index (χ1v) is 6.79.